The van der Waals surface area contributed by atoms with Crippen LogP contribution in [0.2, 0.25) is 0 Å². The van der Waals surface area contributed by atoms with E-state index in [9.17, 15) is 14.4 Å². The van der Waals surface area contributed by atoms with Gasteiger partial charge in [0.05, 0.1) is 0 Å². The number of nitrogens with one attached hydrogen (secondary N) is 3. The first-order chi connectivity index (χ1) is 22.0. The maximum atomic E-state index is 14.1. The molecule has 3 N–H and O–H groups in total. The molecule has 0 aromatic heterocycles. The van der Waals surface area contributed by atoms with E-state index in [0.29, 0.717) is 26.1 Å². The molecule has 0 spiro atoms. The highest BCUT2D eigenvalue weighted by Gasteiger charge is 2.33. The molecule has 1 aliphatic carbocycles. The summed E-state index contributed by atoms with van der Waals surface area (Å²) in [6.07, 6.45) is 9.17. The van der Waals surface area contributed by atoms with Crippen LogP contribution in [0.5, 0.6) is 0 Å². The van der Waals surface area contributed by atoms with Crippen molar-refractivity contribution in [3.05, 3.63) is 111 Å². The lowest BCUT2D eigenvalue weighted by Crippen LogP contribution is -2.54. The largest absolute Gasteiger partial charge is 0.354 e. The Hall–Kier alpha value is -3.50. The summed E-state index contributed by atoms with van der Waals surface area (Å²) in [5, 5.41) is 9.61. The van der Waals surface area contributed by atoms with E-state index in [2.05, 4.69) is 62.8 Å². The summed E-state index contributed by atoms with van der Waals surface area (Å²) in [5.74, 6) is -0.138. The minimum absolute atomic E-state index is 0.0106. The van der Waals surface area contributed by atoms with Gasteiger partial charge in [0.15, 0.2) is 0 Å². The van der Waals surface area contributed by atoms with Crippen LogP contribution < -0.4 is 16.0 Å². The smallest absolute Gasteiger partial charge is 0.244 e. The monoisotopic (exact) mass is 718 g/mol. The molecular formula is C37H43IN4O3. The summed E-state index contributed by atoms with van der Waals surface area (Å²) in [7, 11) is 0. The molecule has 1 aliphatic heterocycles. The molecule has 5 rings (SSSR count). The first-order valence-corrected chi connectivity index (χ1v) is 17.2. The number of halogens is 1. The van der Waals surface area contributed by atoms with Gasteiger partial charge in [-0.1, -0.05) is 92.1 Å². The normalized spacial score (nSPS) is 19.4. The van der Waals surface area contributed by atoms with Gasteiger partial charge in [0.25, 0.3) is 0 Å². The van der Waals surface area contributed by atoms with Crippen LogP contribution in [0.4, 0.5) is 0 Å². The van der Waals surface area contributed by atoms with Crippen LogP contribution in [0.25, 0.3) is 6.08 Å². The van der Waals surface area contributed by atoms with Crippen molar-refractivity contribution in [2.75, 3.05) is 26.2 Å². The molecule has 0 bridgehead atoms. The Kier molecular flexibility index (Phi) is 12.2. The lowest BCUT2D eigenvalue weighted by molar-refractivity contribution is -0.133. The van der Waals surface area contributed by atoms with E-state index in [1.165, 1.54) is 6.42 Å². The molecule has 3 aromatic carbocycles. The van der Waals surface area contributed by atoms with E-state index >= 15 is 0 Å². The minimum Gasteiger partial charge on any atom is -0.354 e. The highest BCUT2D eigenvalue weighted by Crippen LogP contribution is 2.27. The van der Waals surface area contributed by atoms with E-state index in [1.807, 2.05) is 65.6 Å². The number of carbonyl (C=O) groups excluding carboxylic acids is 3. The van der Waals surface area contributed by atoms with Gasteiger partial charge in [-0.05, 0) is 76.8 Å². The Morgan fingerprint density at radius 1 is 0.844 bits per heavy atom. The molecule has 2 atom stereocenters. The zero-order valence-electron chi connectivity index (χ0n) is 25.7. The molecule has 1 heterocycles. The topological polar surface area (TPSA) is 90.5 Å². The molecule has 3 aromatic rings. The molecule has 2 fully saturated rings. The van der Waals surface area contributed by atoms with Crippen LogP contribution in [0, 0.1) is 9.49 Å². The number of nitrogens with zero attached hydrogens (tertiary/aromatic N) is 1. The number of hydrogen-bond donors (Lipinski definition) is 3. The number of rotatable bonds is 11. The fourth-order valence-corrected chi connectivity index (χ4v) is 6.66. The quantitative estimate of drug-likeness (QED) is 0.180. The van der Waals surface area contributed by atoms with Gasteiger partial charge in [0.2, 0.25) is 17.7 Å². The van der Waals surface area contributed by atoms with Crippen molar-refractivity contribution in [1.82, 2.24) is 20.9 Å². The summed E-state index contributed by atoms with van der Waals surface area (Å²) >= 11 is 2.26. The average molecular weight is 719 g/mol. The maximum Gasteiger partial charge on any atom is 0.244 e. The highest BCUT2D eigenvalue weighted by molar-refractivity contribution is 14.1. The predicted octanol–water partition coefficient (Wildman–Crippen LogP) is 5.51. The third-order valence-electron chi connectivity index (χ3n) is 8.88. The molecule has 1 saturated carbocycles. The van der Waals surface area contributed by atoms with Crippen LogP contribution in [0.15, 0.2) is 91.0 Å². The van der Waals surface area contributed by atoms with Gasteiger partial charge in [-0.25, -0.2) is 0 Å². The van der Waals surface area contributed by atoms with Crippen LogP contribution in [-0.2, 0) is 14.4 Å². The second kappa shape index (κ2) is 16.7. The molecular weight excluding hydrogens is 675 g/mol. The number of amides is 3. The van der Waals surface area contributed by atoms with Crippen molar-refractivity contribution in [3.63, 3.8) is 0 Å². The van der Waals surface area contributed by atoms with Crippen molar-refractivity contribution in [1.29, 1.82) is 0 Å². The van der Waals surface area contributed by atoms with Gasteiger partial charge in [-0.3, -0.25) is 19.7 Å². The summed E-state index contributed by atoms with van der Waals surface area (Å²) in [4.78, 5) is 41.8. The summed E-state index contributed by atoms with van der Waals surface area (Å²) < 4.78 is 1.14. The van der Waals surface area contributed by atoms with Gasteiger partial charge in [0.1, 0.15) is 6.04 Å². The fourth-order valence-electron chi connectivity index (χ4n) is 6.30. The molecule has 3 amide bonds. The van der Waals surface area contributed by atoms with Crippen molar-refractivity contribution in [2.45, 2.75) is 56.5 Å². The van der Waals surface area contributed by atoms with Crippen molar-refractivity contribution in [3.8, 4) is 0 Å². The average Bonchev–Trinajstić information content (AvgIpc) is 3.23. The number of benzene rings is 3. The van der Waals surface area contributed by atoms with E-state index in [0.717, 1.165) is 45.9 Å². The Labute approximate surface area is 280 Å². The SMILES string of the molecule is O=C(/C=C/c1ccc(I)cc1)NC[C@@H]1CCN(CC(c2ccccc2)c2ccccc2)C(=O)[C@H](CNC(=O)C2CCCCC2)N1. The van der Waals surface area contributed by atoms with E-state index in [-0.39, 0.29) is 42.1 Å². The van der Waals surface area contributed by atoms with E-state index < -0.39 is 6.04 Å². The van der Waals surface area contributed by atoms with Gasteiger partial charge in [0, 0.05) is 53.7 Å². The molecule has 7 nitrogen and oxygen atoms in total. The summed E-state index contributed by atoms with van der Waals surface area (Å²) in [6, 6.07) is 27.8. The first kappa shape index (κ1) is 32.9. The number of carbonyl (C=O) groups is 3. The van der Waals surface area contributed by atoms with Crippen LogP contribution in [0.1, 0.15) is 61.1 Å². The molecule has 45 heavy (non-hydrogen) atoms. The number of hydrogen-bond acceptors (Lipinski definition) is 4. The van der Waals surface area contributed by atoms with Gasteiger partial charge >= 0.3 is 0 Å². The molecule has 0 radical (unpaired) electrons. The molecule has 8 heteroatoms. The molecule has 0 unspecified atom stereocenters. The summed E-state index contributed by atoms with van der Waals surface area (Å²) in [6.45, 7) is 1.68. The van der Waals surface area contributed by atoms with Crippen molar-refractivity contribution >= 4 is 46.4 Å². The second-order valence-corrected chi connectivity index (χ2v) is 13.3. The van der Waals surface area contributed by atoms with Crippen molar-refractivity contribution in [2.24, 2.45) is 5.92 Å². The fraction of sp³-hybridized carbons (Fsp3) is 0.378. The van der Waals surface area contributed by atoms with Gasteiger partial charge < -0.3 is 15.5 Å². The second-order valence-electron chi connectivity index (χ2n) is 12.1. The zero-order valence-corrected chi connectivity index (χ0v) is 27.8. The third-order valence-corrected chi connectivity index (χ3v) is 9.60. The predicted molar refractivity (Wildman–Crippen MR) is 187 cm³/mol. The van der Waals surface area contributed by atoms with Gasteiger partial charge in [-0.15, -0.1) is 0 Å². The van der Waals surface area contributed by atoms with Crippen molar-refractivity contribution < 1.29 is 14.4 Å². The molecule has 2 aliphatic rings. The maximum absolute atomic E-state index is 14.1. The Balaban J connectivity index is 1.29. The Bertz CT molecular complexity index is 1390. The van der Waals surface area contributed by atoms with Crippen LogP contribution >= 0.6 is 22.6 Å². The van der Waals surface area contributed by atoms with Gasteiger partial charge in [-0.2, -0.15) is 0 Å². The van der Waals surface area contributed by atoms with Crippen LogP contribution in [-0.4, -0.2) is 60.9 Å². The van der Waals surface area contributed by atoms with E-state index in [4.69, 9.17) is 0 Å². The highest BCUT2D eigenvalue weighted by atomic mass is 127. The molecule has 236 valence electrons. The summed E-state index contributed by atoms with van der Waals surface area (Å²) in [5.41, 5.74) is 3.26. The zero-order chi connectivity index (χ0) is 31.4. The first-order valence-electron chi connectivity index (χ1n) is 16.1. The third kappa shape index (κ3) is 9.74. The standard InChI is InChI=1S/C37H43IN4O3/c38-31-19-16-27(17-20-31)18-21-35(43)39-24-32-22-23-42(26-33(28-10-4-1-5-11-28)29-12-6-2-7-13-29)37(45)34(41-32)25-40-36(44)30-14-8-3-9-15-30/h1-2,4-7,10-13,16-21,30,32-34,41H,3,8-9,14-15,22-26H2,(H,39,43)(H,40,44)/b21-18+/t32-,34-/m0/s1. The van der Waals surface area contributed by atoms with E-state index in [1.54, 1.807) is 12.2 Å². The Morgan fingerprint density at radius 2 is 1.49 bits per heavy atom. The lowest BCUT2D eigenvalue weighted by Gasteiger charge is -2.30. The lowest BCUT2D eigenvalue weighted by atomic mass is 9.88. The molecule has 1 saturated heterocycles. The van der Waals surface area contributed by atoms with Crippen LogP contribution in [0.3, 0.4) is 0 Å². The Morgan fingerprint density at radius 3 is 2.13 bits per heavy atom. The minimum atomic E-state index is -0.587.